The smallest absolute Gasteiger partial charge is 0.357 e. The van der Waals surface area contributed by atoms with E-state index in [1.54, 1.807) is 5.32 Å². The summed E-state index contributed by atoms with van der Waals surface area (Å²) in [4.78, 5) is 21.7. The van der Waals surface area contributed by atoms with Gasteiger partial charge in [-0.15, -0.1) is 0 Å². The maximum atomic E-state index is 11.7. The molecule has 1 unspecified atom stereocenters. The number of hydrogen-bond acceptors (Lipinski definition) is 2. The molecule has 0 saturated carbocycles. The van der Waals surface area contributed by atoms with E-state index in [4.69, 9.17) is 0 Å². The average Bonchev–Trinajstić information content (AvgIpc) is 2.12. The van der Waals surface area contributed by atoms with Crippen LogP contribution in [0.2, 0.25) is 0 Å². The van der Waals surface area contributed by atoms with Gasteiger partial charge in [-0.05, 0) is 6.92 Å². The fourth-order valence-electron chi connectivity index (χ4n) is 0.710. The van der Waals surface area contributed by atoms with Gasteiger partial charge >= 0.3 is 12.2 Å². The molecule has 0 aromatic rings. The summed E-state index contributed by atoms with van der Waals surface area (Å²) >= 11 is 0. The molecule has 0 aromatic carbocycles. The monoisotopic (exact) mass is 227 g/mol. The second-order valence-corrected chi connectivity index (χ2v) is 2.78. The van der Waals surface area contributed by atoms with E-state index in [0.29, 0.717) is 0 Å². The van der Waals surface area contributed by atoms with Crippen molar-refractivity contribution in [3.05, 3.63) is 0 Å². The molecule has 0 saturated heterocycles. The van der Waals surface area contributed by atoms with E-state index < -0.39 is 30.7 Å². The van der Waals surface area contributed by atoms with Gasteiger partial charge in [0.05, 0.1) is 0 Å². The van der Waals surface area contributed by atoms with Crippen molar-refractivity contribution in [3.8, 4) is 0 Å². The van der Waals surface area contributed by atoms with Crippen molar-refractivity contribution in [3.63, 3.8) is 0 Å². The number of amides is 3. The number of carbonyl (C=O) groups is 2. The molecule has 15 heavy (non-hydrogen) atoms. The molecule has 0 aromatic heterocycles. The Bertz CT molecular complexity index is 242. The number of rotatable bonds is 3. The third kappa shape index (κ3) is 6.58. The maximum Gasteiger partial charge on any atom is 0.405 e. The number of alkyl halides is 3. The fourth-order valence-corrected chi connectivity index (χ4v) is 0.710. The Kier molecular flexibility index (Phi) is 4.89. The Morgan fingerprint density at radius 1 is 1.33 bits per heavy atom. The lowest BCUT2D eigenvalue weighted by Gasteiger charge is -2.13. The molecule has 1 atom stereocenters. The third-order valence-corrected chi connectivity index (χ3v) is 1.44. The summed E-state index contributed by atoms with van der Waals surface area (Å²) in [7, 11) is 1.36. The zero-order chi connectivity index (χ0) is 12.1. The van der Waals surface area contributed by atoms with Crippen LogP contribution in [-0.4, -0.2) is 37.7 Å². The van der Waals surface area contributed by atoms with Crippen molar-refractivity contribution >= 4 is 11.9 Å². The first-order chi connectivity index (χ1) is 6.76. The van der Waals surface area contributed by atoms with Crippen LogP contribution in [0.1, 0.15) is 6.92 Å². The van der Waals surface area contributed by atoms with Crippen molar-refractivity contribution in [2.45, 2.75) is 19.1 Å². The molecule has 0 aliphatic rings. The number of likely N-dealkylation sites (N-methyl/N-ethyl adjacent to an activating group) is 1. The molecule has 8 heteroatoms. The lowest BCUT2D eigenvalue weighted by Crippen LogP contribution is -2.49. The minimum atomic E-state index is -4.46. The van der Waals surface area contributed by atoms with Crippen molar-refractivity contribution in [1.29, 1.82) is 0 Å². The lowest BCUT2D eigenvalue weighted by atomic mass is 10.3. The molecule has 0 heterocycles. The largest absolute Gasteiger partial charge is 0.405 e. The SMILES string of the molecule is CNC(=O)C(C)NC(=O)NCC(F)(F)F. The van der Waals surface area contributed by atoms with Gasteiger partial charge < -0.3 is 16.0 Å². The van der Waals surface area contributed by atoms with Crippen LogP contribution in [0.5, 0.6) is 0 Å². The molecule has 0 bridgehead atoms. The number of halogens is 3. The Labute approximate surface area is 84.4 Å². The van der Waals surface area contributed by atoms with Crippen molar-refractivity contribution < 1.29 is 22.8 Å². The van der Waals surface area contributed by atoms with Gasteiger partial charge in [0.15, 0.2) is 0 Å². The first-order valence-corrected chi connectivity index (χ1v) is 4.09. The normalized spacial score (nSPS) is 12.9. The molecule has 0 radical (unpaired) electrons. The summed E-state index contributed by atoms with van der Waals surface area (Å²) in [5, 5.41) is 5.86. The summed E-state index contributed by atoms with van der Waals surface area (Å²) in [6.07, 6.45) is -4.46. The maximum absolute atomic E-state index is 11.7. The van der Waals surface area contributed by atoms with Crippen molar-refractivity contribution in [2.75, 3.05) is 13.6 Å². The Balaban J connectivity index is 3.89. The van der Waals surface area contributed by atoms with Gasteiger partial charge in [0.25, 0.3) is 0 Å². The number of nitrogens with one attached hydrogen (secondary N) is 3. The van der Waals surface area contributed by atoms with E-state index in [1.165, 1.54) is 14.0 Å². The minimum Gasteiger partial charge on any atom is -0.357 e. The molecule has 0 aliphatic heterocycles. The van der Waals surface area contributed by atoms with E-state index >= 15 is 0 Å². The Morgan fingerprint density at radius 3 is 2.27 bits per heavy atom. The van der Waals surface area contributed by atoms with Crippen LogP contribution >= 0.6 is 0 Å². The zero-order valence-corrected chi connectivity index (χ0v) is 8.23. The van der Waals surface area contributed by atoms with Gasteiger partial charge in [0.2, 0.25) is 5.91 Å². The number of urea groups is 1. The zero-order valence-electron chi connectivity index (χ0n) is 8.23. The molecule has 0 spiro atoms. The van der Waals surface area contributed by atoms with Crippen LogP contribution < -0.4 is 16.0 Å². The first-order valence-electron chi connectivity index (χ1n) is 4.09. The van der Waals surface area contributed by atoms with Crippen molar-refractivity contribution in [2.24, 2.45) is 0 Å². The van der Waals surface area contributed by atoms with E-state index in [0.717, 1.165) is 0 Å². The van der Waals surface area contributed by atoms with Crippen LogP contribution in [0.15, 0.2) is 0 Å². The van der Waals surface area contributed by atoms with Gasteiger partial charge in [-0.3, -0.25) is 4.79 Å². The van der Waals surface area contributed by atoms with Crippen LogP contribution in [0.25, 0.3) is 0 Å². The molecule has 3 N–H and O–H groups in total. The van der Waals surface area contributed by atoms with E-state index in [-0.39, 0.29) is 0 Å². The highest BCUT2D eigenvalue weighted by Gasteiger charge is 2.28. The van der Waals surface area contributed by atoms with Crippen LogP contribution in [-0.2, 0) is 4.79 Å². The second kappa shape index (κ2) is 5.42. The minimum absolute atomic E-state index is 0.489. The molecule has 5 nitrogen and oxygen atoms in total. The van der Waals surface area contributed by atoms with Gasteiger partial charge in [-0.2, -0.15) is 13.2 Å². The third-order valence-electron chi connectivity index (χ3n) is 1.44. The summed E-state index contributed by atoms with van der Waals surface area (Å²) in [5.41, 5.74) is 0. The Morgan fingerprint density at radius 2 is 1.87 bits per heavy atom. The summed E-state index contributed by atoms with van der Waals surface area (Å²) in [6.45, 7) is -0.0781. The van der Waals surface area contributed by atoms with Crippen LogP contribution in [0.4, 0.5) is 18.0 Å². The topological polar surface area (TPSA) is 70.2 Å². The summed E-state index contributed by atoms with van der Waals surface area (Å²) in [5.74, 6) is -0.489. The molecule has 3 amide bonds. The Hall–Kier alpha value is -1.47. The van der Waals surface area contributed by atoms with E-state index in [9.17, 15) is 22.8 Å². The lowest BCUT2D eigenvalue weighted by molar-refractivity contribution is -0.122. The van der Waals surface area contributed by atoms with Crippen LogP contribution in [0, 0.1) is 0 Å². The first kappa shape index (κ1) is 13.5. The number of hydrogen-bond donors (Lipinski definition) is 3. The highest BCUT2D eigenvalue weighted by molar-refractivity contribution is 5.86. The predicted molar refractivity (Wildman–Crippen MR) is 46.1 cm³/mol. The second-order valence-electron chi connectivity index (χ2n) is 2.78. The molecular weight excluding hydrogens is 215 g/mol. The standard InChI is InChI=1S/C7H12F3N3O2/c1-4(5(14)11-2)13-6(15)12-3-7(8,9)10/h4H,3H2,1-2H3,(H,11,14)(H2,12,13,15). The molecule has 0 aliphatic carbocycles. The molecule has 88 valence electrons. The van der Waals surface area contributed by atoms with Gasteiger partial charge in [-0.25, -0.2) is 4.79 Å². The van der Waals surface area contributed by atoms with Gasteiger partial charge in [0, 0.05) is 7.05 Å². The van der Waals surface area contributed by atoms with Gasteiger partial charge in [0.1, 0.15) is 12.6 Å². The number of carbonyl (C=O) groups excluding carboxylic acids is 2. The van der Waals surface area contributed by atoms with Crippen LogP contribution in [0.3, 0.4) is 0 Å². The van der Waals surface area contributed by atoms with E-state index in [2.05, 4.69) is 5.32 Å². The highest BCUT2D eigenvalue weighted by atomic mass is 19.4. The quantitative estimate of drug-likeness (QED) is 0.634. The average molecular weight is 227 g/mol. The molecular formula is C7H12F3N3O2. The molecule has 0 fully saturated rings. The van der Waals surface area contributed by atoms with Crippen molar-refractivity contribution in [1.82, 2.24) is 16.0 Å². The van der Waals surface area contributed by atoms with E-state index in [1.807, 2.05) is 5.32 Å². The highest BCUT2D eigenvalue weighted by Crippen LogP contribution is 2.11. The summed E-state index contributed by atoms with van der Waals surface area (Å²) in [6, 6.07) is -1.92. The fraction of sp³-hybridized carbons (Fsp3) is 0.714. The summed E-state index contributed by atoms with van der Waals surface area (Å²) < 4.78 is 35.0. The predicted octanol–water partition coefficient (Wildman–Crippen LogP) is -0.0176. The van der Waals surface area contributed by atoms with Gasteiger partial charge in [-0.1, -0.05) is 0 Å². The molecule has 0 rings (SSSR count).